The van der Waals surface area contributed by atoms with Gasteiger partial charge in [0, 0.05) is 18.2 Å². The molecule has 2 rings (SSSR count). The molecule has 6 heteroatoms. The fourth-order valence-electron chi connectivity index (χ4n) is 2.70. The predicted octanol–water partition coefficient (Wildman–Crippen LogP) is 1.81. The molecule has 2 N–H and O–H groups in total. The Morgan fingerprint density at radius 2 is 2.19 bits per heavy atom. The lowest BCUT2D eigenvalue weighted by molar-refractivity contribution is 0.126. The molecule has 1 aromatic carbocycles. The minimum Gasteiger partial charge on any atom is -0.496 e. The summed E-state index contributed by atoms with van der Waals surface area (Å²) in [6.45, 7) is 4.18. The van der Waals surface area contributed by atoms with E-state index in [1.807, 2.05) is 26.0 Å². The lowest BCUT2D eigenvalue weighted by atomic mass is 10.1. The van der Waals surface area contributed by atoms with Crippen LogP contribution in [0.4, 0.5) is 0 Å². The van der Waals surface area contributed by atoms with Gasteiger partial charge in [-0.1, -0.05) is 6.07 Å². The van der Waals surface area contributed by atoms with Crippen molar-refractivity contribution in [3.63, 3.8) is 0 Å². The first-order valence-corrected chi connectivity index (χ1v) is 8.82. The van der Waals surface area contributed by atoms with Crippen LogP contribution >= 0.6 is 0 Å². The second-order valence-corrected chi connectivity index (χ2v) is 7.79. The van der Waals surface area contributed by atoms with Crippen LogP contribution in [-0.2, 0) is 20.3 Å². The van der Waals surface area contributed by atoms with Crippen LogP contribution in [-0.4, -0.2) is 33.5 Å². The summed E-state index contributed by atoms with van der Waals surface area (Å²) in [6.07, 6.45) is 0.302. The van der Waals surface area contributed by atoms with Gasteiger partial charge in [-0.25, -0.2) is 8.42 Å². The van der Waals surface area contributed by atoms with Gasteiger partial charge < -0.3 is 15.2 Å². The van der Waals surface area contributed by atoms with Crippen LogP contribution in [0.1, 0.15) is 37.4 Å². The fourth-order valence-corrected chi connectivity index (χ4v) is 4.69. The molecule has 3 atom stereocenters. The first-order valence-electron chi connectivity index (χ1n) is 7.10. The number of sulfone groups is 1. The highest BCUT2D eigenvalue weighted by Crippen LogP contribution is 2.29. The van der Waals surface area contributed by atoms with E-state index in [1.165, 1.54) is 7.11 Å². The van der Waals surface area contributed by atoms with Gasteiger partial charge >= 0.3 is 0 Å². The van der Waals surface area contributed by atoms with Crippen molar-refractivity contribution in [1.82, 2.24) is 0 Å². The SMILES string of the molecule is COc1ccc(C(C)N)cc1CS(=O)(=O)C1CCOC1C. The molecule has 1 saturated heterocycles. The van der Waals surface area contributed by atoms with E-state index in [0.29, 0.717) is 24.3 Å². The highest BCUT2D eigenvalue weighted by atomic mass is 32.2. The van der Waals surface area contributed by atoms with Crippen LogP contribution in [0.25, 0.3) is 0 Å². The Bertz CT molecular complexity index is 598. The zero-order valence-corrected chi connectivity index (χ0v) is 13.5. The number of hydrogen-bond acceptors (Lipinski definition) is 5. The number of hydrogen-bond donors (Lipinski definition) is 1. The smallest absolute Gasteiger partial charge is 0.160 e. The molecule has 118 valence electrons. The van der Waals surface area contributed by atoms with Crippen LogP contribution in [0.3, 0.4) is 0 Å². The summed E-state index contributed by atoms with van der Waals surface area (Å²) in [5, 5.41) is -0.443. The monoisotopic (exact) mass is 313 g/mol. The van der Waals surface area contributed by atoms with Crippen LogP contribution < -0.4 is 10.5 Å². The molecular formula is C15H23NO4S. The Morgan fingerprint density at radius 3 is 2.71 bits per heavy atom. The molecule has 21 heavy (non-hydrogen) atoms. The van der Waals surface area contributed by atoms with Crippen molar-refractivity contribution in [2.45, 2.75) is 43.4 Å². The molecule has 1 fully saturated rings. The zero-order chi connectivity index (χ0) is 15.6. The summed E-state index contributed by atoms with van der Waals surface area (Å²) in [7, 11) is -1.74. The van der Waals surface area contributed by atoms with Crippen molar-refractivity contribution < 1.29 is 17.9 Å². The maximum absolute atomic E-state index is 12.6. The summed E-state index contributed by atoms with van der Waals surface area (Å²) < 4.78 is 35.8. The predicted molar refractivity (Wildman–Crippen MR) is 82.0 cm³/mol. The normalized spacial score (nSPS) is 24.0. The topological polar surface area (TPSA) is 78.6 Å². The summed E-state index contributed by atoms with van der Waals surface area (Å²) in [5.74, 6) is 0.532. The van der Waals surface area contributed by atoms with E-state index in [1.54, 1.807) is 6.07 Å². The van der Waals surface area contributed by atoms with Crippen molar-refractivity contribution in [3.05, 3.63) is 29.3 Å². The highest BCUT2D eigenvalue weighted by molar-refractivity contribution is 7.91. The van der Waals surface area contributed by atoms with Crippen molar-refractivity contribution in [1.29, 1.82) is 0 Å². The number of rotatable bonds is 5. The lowest BCUT2D eigenvalue weighted by Crippen LogP contribution is -2.29. The maximum atomic E-state index is 12.6. The largest absolute Gasteiger partial charge is 0.496 e. The standard InChI is InChI=1S/C15H23NO4S/c1-10(16)12-4-5-14(19-3)13(8-12)9-21(17,18)15-6-7-20-11(15)2/h4-5,8,10-11,15H,6-7,9,16H2,1-3H3. The molecule has 0 bridgehead atoms. The van der Waals surface area contributed by atoms with E-state index >= 15 is 0 Å². The van der Waals surface area contributed by atoms with E-state index in [4.69, 9.17) is 15.2 Å². The maximum Gasteiger partial charge on any atom is 0.160 e. The van der Waals surface area contributed by atoms with Gasteiger partial charge in [-0.15, -0.1) is 0 Å². The quantitative estimate of drug-likeness (QED) is 0.897. The van der Waals surface area contributed by atoms with E-state index in [-0.39, 0.29) is 17.9 Å². The van der Waals surface area contributed by atoms with Crippen molar-refractivity contribution in [3.8, 4) is 5.75 Å². The molecule has 0 aliphatic carbocycles. The van der Waals surface area contributed by atoms with Crippen LogP contribution in [0.5, 0.6) is 5.75 Å². The molecule has 0 aromatic heterocycles. The first-order chi connectivity index (χ1) is 9.85. The highest BCUT2D eigenvalue weighted by Gasteiger charge is 2.36. The summed E-state index contributed by atoms with van der Waals surface area (Å²) in [6, 6.07) is 5.31. The molecule has 1 aromatic rings. The Hall–Kier alpha value is -1.11. The van der Waals surface area contributed by atoms with Gasteiger partial charge in [0.05, 0.1) is 24.2 Å². The Morgan fingerprint density at radius 1 is 1.48 bits per heavy atom. The Kier molecular flexibility index (Phi) is 4.91. The third kappa shape index (κ3) is 3.56. The molecule has 3 unspecified atom stereocenters. The number of benzene rings is 1. The second kappa shape index (κ2) is 6.34. The number of nitrogens with two attached hydrogens (primary N) is 1. The van der Waals surface area contributed by atoms with Crippen LogP contribution in [0, 0.1) is 0 Å². The molecule has 0 spiro atoms. The third-order valence-corrected chi connectivity index (χ3v) is 6.21. The van der Waals surface area contributed by atoms with E-state index in [2.05, 4.69) is 0 Å². The van der Waals surface area contributed by atoms with Gasteiger partial charge in [0.15, 0.2) is 9.84 Å². The van der Waals surface area contributed by atoms with Crippen molar-refractivity contribution in [2.75, 3.05) is 13.7 Å². The number of methoxy groups -OCH3 is 1. The van der Waals surface area contributed by atoms with Crippen LogP contribution in [0.15, 0.2) is 18.2 Å². The zero-order valence-electron chi connectivity index (χ0n) is 12.7. The van der Waals surface area contributed by atoms with Gasteiger partial charge in [-0.2, -0.15) is 0 Å². The molecule has 5 nitrogen and oxygen atoms in total. The molecule has 1 aliphatic heterocycles. The average molecular weight is 313 g/mol. The van der Waals surface area contributed by atoms with Crippen molar-refractivity contribution >= 4 is 9.84 Å². The summed E-state index contributed by atoms with van der Waals surface area (Å²) in [4.78, 5) is 0. The summed E-state index contributed by atoms with van der Waals surface area (Å²) >= 11 is 0. The van der Waals surface area contributed by atoms with Gasteiger partial charge in [-0.3, -0.25) is 0 Å². The average Bonchev–Trinajstić information content (AvgIpc) is 2.85. The van der Waals surface area contributed by atoms with Crippen molar-refractivity contribution in [2.24, 2.45) is 5.73 Å². The minimum absolute atomic E-state index is 0.0465. The third-order valence-electron chi connectivity index (χ3n) is 3.95. The molecule has 0 amide bonds. The molecule has 0 saturated carbocycles. The van der Waals surface area contributed by atoms with E-state index < -0.39 is 15.1 Å². The van der Waals surface area contributed by atoms with Gasteiger partial charge in [0.1, 0.15) is 5.75 Å². The number of ether oxygens (including phenoxy) is 2. The molecule has 1 aliphatic rings. The first kappa shape index (κ1) is 16.3. The van der Waals surface area contributed by atoms with Crippen LogP contribution in [0.2, 0.25) is 0 Å². The van der Waals surface area contributed by atoms with E-state index in [9.17, 15) is 8.42 Å². The fraction of sp³-hybridized carbons (Fsp3) is 0.600. The molecule has 1 heterocycles. The van der Waals surface area contributed by atoms with Gasteiger partial charge in [-0.05, 0) is 38.0 Å². The minimum atomic E-state index is -3.28. The molecule has 0 radical (unpaired) electrons. The van der Waals surface area contributed by atoms with Gasteiger partial charge in [0.2, 0.25) is 0 Å². The molecular weight excluding hydrogens is 290 g/mol. The Balaban J connectivity index is 2.31. The van der Waals surface area contributed by atoms with Gasteiger partial charge in [0.25, 0.3) is 0 Å². The second-order valence-electron chi connectivity index (χ2n) is 5.57. The summed E-state index contributed by atoms with van der Waals surface area (Å²) in [5.41, 5.74) is 7.43. The Labute approximate surface area is 126 Å². The lowest BCUT2D eigenvalue weighted by Gasteiger charge is -2.17. The van der Waals surface area contributed by atoms with E-state index in [0.717, 1.165) is 5.56 Å².